The number of aryl methyl sites for hydroxylation is 3. The standard InChI is InChI=1S/C22H30N4O2S/c1-4-28-15-19-25-20-21(16(2)17(3)24-22(20)23)26(19)13-9-6-10-14-29(27)18-11-7-5-8-12-18/h5,7-8,11-12H,4,6,9-10,13-15H2,1-3H3,(H2,23,24). The fourth-order valence-corrected chi connectivity index (χ4v) is 4.62. The van der Waals surface area contributed by atoms with Crippen molar-refractivity contribution in [2.45, 2.75) is 58.1 Å². The third-order valence-electron chi connectivity index (χ3n) is 5.13. The number of nitrogens with zero attached hydrogens (tertiary/aromatic N) is 3. The van der Waals surface area contributed by atoms with Gasteiger partial charge in [-0.15, -0.1) is 0 Å². The molecule has 2 aromatic heterocycles. The van der Waals surface area contributed by atoms with Crippen LogP contribution >= 0.6 is 0 Å². The van der Waals surface area contributed by atoms with E-state index in [0.717, 1.165) is 58.8 Å². The summed E-state index contributed by atoms with van der Waals surface area (Å²) < 4.78 is 20.2. The van der Waals surface area contributed by atoms with E-state index in [0.29, 0.717) is 24.8 Å². The SMILES string of the molecule is CCOCc1nc2c(N)nc(C)c(C)c2n1CCCCC[S+]([O-])c1ccccc1. The number of ether oxygens (including phenoxy) is 1. The second-order valence-corrected chi connectivity index (χ2v) is 8.72. The Bertz CT molecular complexity index is 943. The van der Waals surface area contributed by atoms with Crippen molar-refractivity contribution in [2.75, 3.05) is 18.1 Å². The average molecular weight is 415 g/mol. The zero-order valence-electron chi connectivity index (χ0n) is 17.5. The molecule has 0 amide bonds. The minimum atomic E-state index is -0.928. The first-order chi connectivity index (χ1) is 14.0. The van der Waals surface area contributed by atoms with E-state index in [4.69, 9.17) is 15.5 Å². The van der Waals surface area contributed by atoms with Gasteiger partial charge in [0.05, 0.1) is 5.52 Å². The molecular formula is C22H30N4O2S. The smallest absolute Gasteiger partial charge is 0.152 e. The summed E-state index contributed by atoms with van der Waals surface area (Å²) in [6.45, 7) is 7.95. The van der Waals surface area contributed by atoms with Gasteiger partial charge in [-0.1, -0.05) is 18.2 Å². The van der Waals surface area contributed by atoms with E-state index in [2.05, 4.69) is 16.5 Å². The van der Waals surface area contributed by atoms with Gasteiger partial charge in [-0.2, -0.15) is 0 Å². The van der Waals surface area contributed by atoms with Crippen LogP contribution in [0, 0.1) is 13.8 Å². The Morgan fingerprint density at radius 1 is 1.10 bits per heavy atom. The molecule has 0 aliphatic rings. The van der Waals surface area contributed by atoms with E-state index in [1.165, 1.54) is 0 Å². The molecule has 7 heteroatoms. The number of aromatic nitrogens is 3. The van der Waals surface area contributed by atoms with Crippen molar-refractivity contribution in [2.24, 2.45) is 0 Å². The van der Waals surface area contributed by atoms with E-state index in [-0.39, 0.29) is 0 Å². The molecule has 0 radical (unpaired) electrons. The zero-order valence-corrected chi connectivity index (χ0v) is 18.3. The second kappa shape index (κ2) is 10.1. The Labute approximate surface area is 175 Å². The minimum Gasteiger partial charge on any atom is -0.611 e. The van der Waals surface area contributed by atoms with E-state index in [9.17, 15) is 4.55 Å². The monoisotopic (exact) mass is 414 g/mol. The third kappa shape index (κ3) is 5.10. The van der Waals surface area contributed by atoms with Crippen LogP contribution in [0.25, 0.3) is 11.0 Å². The highest BCUT2D eigenvalue weighted by Gasteiger charge is 2.17. The number of unbranched alkanes of at least 4 members (excludes halogenated alkanes) is 2. The summed E-state index contributed by atoms with van der Waals surface area (Å²) in [6, 6.07) is 9.67. The molecule has 2 heterocycles. The van der Waals surface area contributed by atoms with Gasteiger partial charge in [0.2, 0.25) is 0 Å². The molecule has 0 spiro atoms. The summed E-state index contributed by atoms with van der Waals surface area (Å²) in [5.74, 6) is 2.05. The van der Waals surface area contributed by atoms with Crippen LogP contribution in [0.5, 0.6) is 0 Å². The largest absolute Gasteiger partial charge is 0.611 e. The first kappa shape index (κ1) is 21.6. The number of nitrogens with two attached hydrogens (primary N) is 1. The minimum absolute atomic E-state index is 0.459. The van der Waals surface area contributed by atoms with Crippen molar-refractivity contribution in [3.05, 3.63) is 47.4 Å². The normalized spacial score (nSPS) is 12.6. The number of rotatable bonds is 10. The van der Waals surface area contributed by atoms with Gasteiger partial charge < -0.3 is 19.6 Å². The molecule has 3 aromatic rings. The van der Waals surface area contributed by atoms with E-state index < -0.39 is 11.2 Å². The molecule has 3 rings (SSSR count). The molecule has 29 heavy (non-hydrogen) atoms. The van der Waals surface area contributed by atoms with Crippen LogP contribution in [0.2, 0.25) is 0 Å². The molecule has 2 N–H and O–H groups in total. The second-order valence-electron chi connectivity index (χ2n) is 7.14. The molecule has 1 aromatic carbocycles. The van der Waals surface area contributed by atoms with Crippen molar-refractivity contribution in [1.29, 1.82) is 0 Å². The lowest BCUT2D eigenvalue weighted by molar-refractivity contribution is 0.126. The summed E-state index contributed by atoms with van der Waals surface area (Å²) in [7, 11) is 0. The van der Waals surface area contributed by atoms with Gasteiger partial charge in [0.25, 0.3) is 0 Å². The molecule has 0 bridgehead atoms. The first-order valence-corrected chi connectivity index (χ1v) is 11.5. The van der Waals surface area contributed by atoms with Crippen LogP contribution in [-0.4, -0.2) is 31.4 Å². The topological polar surface area (TPSA) is 89.0 Å². The first-order valence-electron chi connectivity index (χ1n) is 10.2. The number of benzene rings is 1. The molecule has 0 aliphatic carbocycles. The Hall–Kier alpha value is -2.09. The van der Waals surface area contributed by atoms with E-state index in [1.54, 1.807) is 0 Å². The summed E-state index contributed by atoms with van der Waals surface area (Å²) in [5, 5.41) is 0. The van der Waals surface area contributed by atoms with Gasteiger partial charge in [-0.25, -0.2) is 9.97 Å². The Balaban J connectivity index is 1.67. The Kier molecular flexibility index (Phi) is 7.52. The van der Waals surface area contributed by atoms with Gasteiger partial charge in [0.1, 0.15) is 23.7 Å². The maximum Gasteiger partial charge on any atom is 0.152 e. The van der Waals surface area contributed by atoms with Crippen LogP contribution in [0.3, 0.4) is 0 Å². The van der Waals surface area contributed by atoms with Gasteiger partial charge in [0.15, 0.2) is 10.7 Å². The Morgan fingerprint density at radius 2 is 1.86 bits per heavy atom. The average Bonchev–Trinajstić information content (AvgIpc) is 3.10. The molecule has 0 saturated heterocycles. The molecule has 0 aliphatic heterocycles. The molecule has 0 saturated carbocycles. The van der Waals surface area contributed by atoms with Gasteiger partial charge in [0, 0.05) is 18.8 Å². The maximum atomic E-state index is 12.4. The summed E-state index contributed by atoms with van der Waals surface area (Å²) in [6.07, 6.45) is 2.92. The van der Waals surface area contributed by atoms with Crippen LogP contribution in [0.4, 0.5) is 5.82 Å². The lowest BCUT2D eigenvalue weighted by Gasteiger charge is -2.13. The molecular weight excluding hydrogens is 384 g/mol. The molecule has 1 unspecified atom stereocenters. The zero-order chi connectivity index (χ0) is 20.8. The van der Waals surface area contributed by atoms with Crippen LogP contribution < -0.4 is 5.73 Å². The number of imidazole rings is 1. The Morgan fingerprint density at radius 3 is 2.59 bits per heavy atom. The highest BCUT2D eigenvalue weighted by Crippen LogP contribution is 2.27. The highest BCUT2D eigenvalue weighted by molar-refractivity contribution is 7.91. The highest BCUT2D eigenvalue weighted by atomic mass is 32.2. The molecule has 1 atom stereocenters. The van der Waals surface area contributed by atoms with E-state index >= 15 is 0 Å². The van der Waals surface area contributed by atoms with Crippen LogP contribution in [-0.2, 0) is 29.1 Å². The number of nitrogen functional groups attached to an aromatic ring is 1. The fraction of sp³-hybridized carbons (Fsp3) is 0.455. The van der Waals surface area contributed by atoms with Crippen molar-refractivity contribution < 1.29 is 9.29 Å². The molecule has 156 valence electrons. The van der Waals surface area contributed by atoms with Crippen molar-refractivity contribution in [3.63, 3.8) is 0 Å². The fourth-order valence-electron chi connectivity index (χ4n) is 3.46. The number of pyridine rings is 1. The summed E-state index contributed by atoms with van der Waals surface area (Å²) >= 11 is -0.928. The lowest BCUT2D eigenvalue weighted by Crippen LogP contribution is -2.09. The third-order valence-corrected chi connectivity index (χ3v) is 6.59. The van der Waals surface area contributed by atoms with Gasteiger partial charge in [-0.3, -0.25) is 0 Å². The van der Waals surface area contributed by atoms with Crippen molar-refractivity contribution >= 4 is 28.0 Å². The number of hydrogen-bond donors (Lipinski definition) is 1. The number of hydrogen-bond acceptors (Lipinski definition) is 5. The van der Waals surface area contributed by atoms with Crippen LogP contribution in [0.15, 0.2) is 35.2 Å². The lowest BCUT2D eigenvalue weighted by atomic mass is 10.2. The van der Waals surface area contributed by atoms with Crippen LogP contribution in [0.1, 0.15) is 43.3 Å². The quantitative estimate of drug-likeness (QED) is 0.398. The van der Waals surface area contributed by atoms with Gasteiger partial charge >= 0.3 is 0 Å². The number of anilines is 1. The molecule has 0 fully saturated rings. The predicted molar refractivity (Wildman–Crippen MR) is 118 cm³/mol. The van der Waals surface area contributed by atoms with Crippen molar-refractivity contribution in [1.82, 2.24) is 14.5 Å². The van der Waals surface area contributed by atoms with Gasteiger partial charge in [-0.05, 0) is 68.9 Å². The van der Waals surface area contributed by atoms with Crippen molar-refractivity contribution in [3.8, 4) is 0 Å². The summed E-state index contributed by atoms with van der Waals surface area (Å²) in [5.41, 5.74) is 9.99. The molecule has 6 nitrogen and oxygen atoms in total. The number of fused-ring (bicyclic) bond motifs is 1. The predicted octanol–water partition coefficient (Wildman–Crippen LogP) is 4.14. The maximum absolute atomic E-state index is 12.4. The van der Waals surface area contributed by atoms with E-state index in [1.807, 2.05) is 44.2 Å². The summed E-state index contributed by atoms with van der Waals surface area (Å²) in [4.78, 5) is 10.0.